The molecule has 0 amide bonds. The molecule has 1 aliphatic heterocycles. The van der Waals surface area contributed by atoms with E-state index in [1.54, 1.807) is 4.52 Å². The van der Waals surface area contributed by atoms with Crippen LogP contribution in [-0.4, -0.2) is 32.1 Å². The molecule has 1 N–H and O–H groups in total. The van der Waals surface area contributed by atoms with Crippen LogP contribution in [0.25, 0.3) is 5.65 Å². The Morgan fingerprint density at radius 2 is 2.19 bits per heavy atom. The van der Waals surface area contributed by atoms with Crippen molar-refractivity contribution < 1.29 is 0 Å². The normalized spacial score (nSPS) is 17.8. The van der Waals surface area contributed by atoms with Crippen LogP contribution < -0.4 is 5.32 Å². The predicted octanol–water partition coefficient (Wildman–Crippen LogP) is 2.04. The van der Waals surface area contributed by atoms with Crippen molar-refractivity contribution in [3.63, 3.8) is 0 Å². The van der Waals surface area contributed by atoms with Crippen LogP contribution >= 0.6 is 11.8 Å². The van der Waals surface area contributed by atoms with Crippen LogP contribution in [0.5, 0.6) is 0 Å². The Hall–Kier alpha value is -1.23. The van der Waals surface area contributed by atoms with Gasteiger partial charge in [0.1, 0.15) is 0 Å². The first-order valence-electron chi connectivity index (χ1n) is 5.57. The Bertz CT molecular complexity index is 443. The second-order valence-electron chi connectivity index (χ2n) is 3.97. The van der Waals surface area contributed by atoms with Crippen LogP contribution in [0, 0.1) is 0 Å². The van der Waals surface area contributed by atoms with E-state index in [0.29, 0.717) is 6.04 Å². The minimum Gasteiger partial charge on any atom is -0.350 e. The van der Waals surface area contributed by atoms with Crippen molar-refractivity contribution in [3.05, 3.63) is 24.4 Å². The highest BCUT2D eigenvalue weighted by molar-refractivity contribution is 7.99. The number of rotatable bonds is 2. The molecule has 16 heavy (non-hydrogen) atoms. The lowest BCUT2D eigenvalue weighted by atomic mass is 10.2. The first kappa shape index (κ1) is 9.96. The van der Waals surface area contributed by atoms with E-state index >= 15 is 0 Å². The maximum Gasteiger partial charge on any atom is 0.243 e. The second kappa shape index (κ2) is 4.33. The van der Waals surface area contributed by atoms with E-state index < -0.39 is 0 Å². The highest BCUT2D eigenvalue weighted by atomic mass is 32.2. The average Bonchev–Trinajstić information content (AvgIpc) is 2.72. The number of thioether (sulfide) groups is 1. The van der Waals surface area contributed by atoms with Gasteiger partial charge in [-0.15, -0.1) is 5.10 Å². The zero-order valence-electron chi connectivity index (χ0n) is 8.97. The Balaban J connectivity index is 1.78. The van der Waals surface area contributed by atoms with E-state index in [1.165, 1.54) is 24.3 Å². The number of nitrogens with zero attached hydrogens (tertiary/aromatic N) is 3. The van der Waals surface area contributed by atoms with Gasteiger partial charge in [0.15, 0.2) is 5.65 Å². The largest absolute Gasteiger partial charge is 0.350 e. The van der Waals surface area contributed by atoms with Gasteiger partial charge in [0, 0.05) is 12.2 Å². The predicted molar refractivity (Wildman–Crippen MR) is 67.0 cm³/mol. The number of nitrogens with one attached hydrogen (secondary N) is 1. The third kappa shape index (κ3) is 2.00. The fraction of sp³-hybridized carbons (Fsp3) is 0.455. The summed E-state index contributed by atoms with van der Waals surface area (Å²) in [5.41, 5.74) is 0.898. The average molecular weight is 234 g/mol. The number of anilines is 1. The summed E-state index contributed by atoms with van der Waals surface area (Å²) in [6.07, 6.45) is 4.34. The van der Waals surface area contributed by atoms with E-state index in [4.69, 9.17) is 0 Å². The zero-order valence-corrected chi connectivity index (χ0v) is 9.78. The molecule has 1 aliphatic rings. The van der Waals surface area contributed by atoms with Crippen LogP contribution in [0.1, 0.15) is 12.8 Å². The summed E-state index contributed by atoms with van der Waals surface area (Å²) in [7, 11) is 0. The topological polar surface area (TPSA) is 42.2 Å². The van der Waals surface area contributed by atoms with Crippen LogP contribution in [-0.2, 0) is 0 Å². The summed E-state index contributed by atoms with van der Waals surface area (Å²) in [6, 6.07) is 6.45. The van der Waals surface area contributed by atoms with Gasteiger partial charge in [0.25, 0.3) is 0 Å². The lowest BCUT2D eigenvalue weighted by Gasteiger charge is -2.21. The SMILES string of the molecule is c1ccn2nc(NC3CCSCC3)nc2c1. The number of fused-ring (bicyclic) bond motifs is 1. The molecule has 5 heteroatoms. The smallest absolute Gasteiger partial charge is 0.243 e. The second-order valence-corrected chi connectivity index (χ2v) is 5.19. The third-order valence-electron chi connectivity index (χ3n) is 2.80. The van der Waals surface area contributed by atoms with E-state index in [0.717, 1.165) is 11.6 Å². The minimum absolute atomic E-state index is 0.540. The Kier molecular flexibility index (Phi) is 2.70. The van der Waals surface area contributed by atoms with Crippen molar-refractivity contribution in [2.24, 2.45) is 0 Å². The Labute approximate surface area is 98.4 Å². The van der Waals surface area contributed by atoms with Crippen LogP contribution in [0.15, 0.2) is 24.4 Å². The molecule has 3 rings (SSSR count). The molecule has 2 aromatic heterocycles. The summed E-state index contributed by atoms with van der Waals surface area (Å²) in [6.45, 7) is 0. The van der Waals surface area contributed by atoms with E-state index in [2.05, 4.69) is 15.4 Å². The molecule has 0 spiro atoms. The first-order chi connectivity index (χ1) is 7.92. The summed E-state index contributed by atoms with van der Waals surface area (Å²) in [5.74, 6) is 3.24. The molecule has 84 valence electrons. The summed E-state index contributed by atoms with van der Waals surface area (Å²) < 4.78 is 1.81. The van der Waals surface area contributed by atoms with E-state index in [9.17, 15) is 0 Å². The molecule has 3 heterocycles. The Morgan fingerprint density at radius 3 is 3.00 bits per heavy atom. The van der Waals surface area contributed by atoms with Crippen LogP contribution in [0.4, 0.5) is 5.95 Å². The van der Waals surface area contributed by atoms with E-state index in [-0.39, 0.29) is 0 Å². The van der Waals surface area contributed by atoms with E-state index in [1.807, 2.05) is 36.2 Å². The monoisotopic (exact) mass is 234 g/mol. The molecule has 1 fully saturated rings. The minimum atomic E-state index is 0.540. The van der Waals surface area contributed by atoms with Gasteiger partial charge in [0.05, 0.1) is 0 Å². The quantitative estimate of drug-likeness (QED) is 0.863. The van der Waals surface area contributed by atoms with Gasteiger partial charge >= 0.3 is 0 Å². The molecule has 0 unspecified atom stereocenters. The molecular weight excluding hydrogens is 220 g/mol. The summed E-state index contributed by atoms with van der Waals surface area (Å²) in [4.78, 5) is 4.44. The first-order valence-corrected chi connectivity index (χ1v) is 6.73. The number of pyridine rings is 1. The van der Waals surface area contributed by atoms with Gasteiger partial charge in [-0.2, -0.15) is 16.7 Å². The zero-order chi connectivity index (χ0) is 10.8. The van der Waals surface area contributed by atoms with Gasteiger partial charge in [-0.1, -0.05) is 6.07 Å². The maximum absolute atomic E-state index is 4.44. The number of aromatic nitrogens is 3. The van der Waals surface area contributed by atoms with Crippen LogP contribution in [0.2, 0.25) is 0 Å². The molecule has 0 atom stereocenters. The Morgan fingerprint density at radius 1 is 1.31 bits per heavy atom. The molecule has 0 bridgehead atoms. The van der Waals surface area contributed by atoms with Gasteiger partial charge < -0.3 is 5.32 Å². The van der Waals surface area contributed by atoms with Crippen molar-refractivity contribution in [2.75, 3.05) is 16.8 Å². The molecule has 2 aromatic rings. The third-order valence-corrected chi connectivity index (χ3v) is 3.84. The summed E-state index contributed by atoms with van der Waals surface area (Å²) >= 11 is 2.03. The molecule has 0 radical (unpaired) electrons. The van der Waals surface area contributed by atoms with Crippen LogP contribution in [0.3, 0.4) is 0 Å². The molecule has 1 saturated heterocycles. The standard InChI is InChI=1S/C11H14N4S/c1-2-6-15-10(3-1)13-11(14-15)12-9-4-7-16-8-5-9/h1-3,6,9H,4-5,7-8H2,(H,12,14). The lowest BCUT2D eigenvalue weighted by molar-refractivity contribution is 0.659. The van der Waals surface area contributed by atoms with Crippen molar-refractivity contribution in [1.82, 2.24) is 14.6 Å². The molecule has 4 nitrogen and oxygen atoms in total. The number of hydrogen-bond acceptors (Lipinski definition) is 4. The molecular formula is C11H14N4S. The summed E-state index contributed by atoms with van der Waals surface area (Å²) in [5, 5.41) is 7.81. The lowest BCUT2D eigenvalue weighted by Crippen LogP contribution is -2.25. The maximum atomic E-state index is 4.44. The van der Waals surface area contributed by atoms with Gasteiger partial charge in [-0.3, -0.25) is 0 Å². The van der Waals surface area contributed by atoms with Gasteiger partial charge in [-0.05, 0) is 36.5 Å². The van der Waals surface area contributed by atoms with Gasteiger partial charge in [0.2, 0.25) is 5.95 Å². The molecule has 0 aliphatic carbocycles. The van der Waals surface area contributed by atoms with Gasteiger partial charge in [-0.25, -0.2) is 4.52 Å². The fourth-order valence-electron chi connectivity index (χ4n) is 1.92. The highest BCUT2D eigenvalue weighted by Gasteiger charge is 2.15. The molecule has 0 saturated carbocycles. The number of hydrogen-bond donors (Lipinski definition) is 1. The van der Waals surface area contributed by atoms with Crippen molar-refractivity contribution in [1.29, 1.82) is 0 Å². The van der Waals surface area contributed by atoms with Crippen molar-refractivity contribution in [3.8, 4) is 0 Å². The van der Waals surface area contributed by atoms with Crippen molar-refractivity contribution >= 4 is 23.4 Å². The van der Waals surface area contributed by atoms with Crippen molar-refractivity contribution in [2.45, 2.75) is 18.9 Å². The highest BCUT2D eigenvalue weighted by Crippen LogP contribution is 2.19. The fourth-order valence-corrected chi connectivity index (χ4v) is 3.02. The molecule has 0 aromatic carbocycles.